The smallest absolute Gasteiger partial charge is 0.148 e. The molecule has 0 radical (unpaired) electrons. The molecule has 0 aliphatic carbocycles. The minimum Gasteiger partial charge on any atom is -0.487 e. The van der Waals surface area contributed by atoms with E-state index in [4.69, 9.17) is 22.8 Å². The van der Waals surface area contributed by atoms with Gasteiger partial charge in [0.15, 0.2) is 0 Å². The number of ether oxygens (including phenoxy) is 1. The van der Waals surface area contributed by atoms with Gasteiger partial charge >= 0.3 is 0 Å². The third-order valence-corrected chi connectivity index (χ3v) is 5.08. The molecule has 0 N–H and O–H groups in total. The van der Waals surface area contributed by atoms with E-state index in [1.807, 2.05) is 59.2 Å². The average molecular weight is 365 g/mol. The molecule has 122 valence electrons. The molecule has 0 unspecified atom stereocenters. The summed E-state index contributed by atoms with van der Waals surface area (Å²) in [5, 5.41) is 1.63. The number of halogens is 1. The van der Waals surface area contributed by atoms with Crippen LogP contribution in [0.1, 0.15) is 10.4 Å². The summed E-state index contributed by atoms with van der Waals surface area (Å²) < 4.78 is 7.93. The lowest BCUT2D eigenvalue weighted by Crippen LogP contribution is -1.95. The number of fused-ring (bicyclic) bond motifs is 1. The number of nitrogens with zero attached hydrogens (tertiary/aromatic N) is 2. The highest BCUT2D eigenvalue weighted by molar-refractivity contribution is 7.15. The van der Waals surface area contributed by atoms with E-state index in [1.165, 1.54) is 11.3 Å². The Bertz CT molecular complexity index is 1080. The molecule has 0 amide bonds. The SMILES string of the molecule is C#Cc1sc(-n2cnc3cc(Cl)ccc32)cc1OCc1ccccc1. The van der Waals surface area contributed by atoms with Gasteiger partial charge in [-0.15, -0.1) is 17.8 Å². The van der Waals surface area contributed by atoms with E-state index in [1.54, 1.807) is 6.33 Å². The van der Waals surface area contributed by atoms with Crippen molar-refractivity contribution in [3.8, 4) is 23.1 Å². The number of aromatic nitrogens is 2. The number of hydrogen-bond donors (Lipinski definition) is 0. The van der Waals surface area contributed by atoms with E-state index >= 15 is 0 Å². The molecule has 0 bridgehead atoms. The fourth-order valence-electron chi connectivity index (χ4n) is 2.59. The zero-order valence-corrected chi connectivity index (χ0v) is 14.7. The predicted molar refractivity (Wildman–Crippen MR) is 103 cm³/mol. The summed E-state index contributed by atoms with van der Waals surface area (Å²) in [6, 6.07) is 17.6. The Morgan fingerprint density at radius 2 is 2.00 bits per heavy atom. The maximum Gasteiger partial charge on any atom is 0.148 e. The zero-order chi connectivity index (χ0) is 17.2. The van der Waals surface area contributed by atoms with E-state index < -0.39 is 0 Å². The van der Waals surface area contributed by atoms with Crippen LogP contribution in [-0.4, -0.2) is 9.55 Å². The van der Waals surface area contributed by atoms with Crippen LogP contribution in [0.5, 0.6) is 5.75 Å². The van der Waals surface area contributed by atoms with Crippen molar-refractivity contribution in [3.63, 3.8) is 0 Å². The van der Waals surface area contributed by atoms with Crippen LogP contribution < -0.4 is 4.74 Å². The average Bonchev–Trinajstić information content (AvgIpc) is 3.23. The molecule has 0 fully saturated rings. The summed E-state index contributed by atoms with van der Waals surface area (Å²) >= 11 is 7.53. The Morgan fingerprint density at radius 3 is 2.80 bits per heavy atom. The molecule has 2 aromatic carbocycles. The maximum absolute atomic E-state index is 6.03. The molecule has 5 heteroatoms. The number of hydrogen-bond acceptors (Lipinski definition) is 3. The second-order valence-electron chi connectivity index (χ2n) is 5.44. The Kier molecular flexibility index (Phi) is 4.19. The number of imidazole rings is 1. The zero-order valence-electron chi connectivity index (χ0n) is 13.1. The van der Waals surface area contributed by atoms with Gasteiger partial charge in [-0.05, 0) is 23.8 Å². The fraction of sp³-hybridized carbons (Fsp3) is 0.0500. The minimum absolute atomic E-state index is 0.478. The molecule has 0 saturated heterocycles. The van der Waals surface area contributed by atoms with Crippen molar-refractivity contribution in [2.75, 3.05) is 0 Å². The summed E-state index contributed by atoms with van der Waals surface area (Å²) in [5.41, 5.74) is 2.92. The first-order valence-corrected chi connectivity index (χ1v) is 8.84. The third-order valence-electron chi connectivity index (χ3n) is 3.80. The van der Waals surface area contributed by atoms with Crippen LogP contribution in [0.15, 0.2) is 60.9 Å². The molecule has 0 atom stereocenters. The van der Waals surface area contributed by atoms with Crippen LogP contribution in [0.2, 0.25) is 5.02 Å². The first-order chi connectivity index (χ1) is 12.2. The number of terminal acetylenes is 1. The lowest BCUT2D eigenvalue weighted by molar-refractivity contribution is 0.307. The molecular formula is C20H13ClN2OS. The van der Waals surface area contributed by atoms with Crippen LogP contribution in [-0.2, 0) is 6.61 Å². The standard InChI is InChI=1S/C20H13ClN2OS/c1-2-19-18(24-12-14-6-4-3-5-7-14)11-20(25-19)23-13-22-16-10-15(21)8-9-17(16)23/h1,3-11,13H,12H2. The summed E-state index contributed by atoms with van der Waals surface area (Å²) in [4.78, 5) is 5.17. The Morgan fingerprint density at radius 1 is 1.16 bits per heavy atom. The summed E-state index contributed by atoms with van der Waals surface area (Å²) in [6.45, 7) is 0.478. The predicted octanol–water partition coefficient (Wildman–Crippen LogP) is 5.30. The van der Waals surface area contributed by atoms with Crippen LogP contribution in [0.4, 0.5) is 0 Å². The lowest BCUT2D eigenvalue weighted by atomic mass is 10.2. The highest BCUT2D eigenvalue weighted by Gasteiger charge is 2.13. The van der Waals surface area contributed by atoms with Crippen molar-refractivity contribution in [2.45, 2.75) is 6.61 Å². The minimum atomic E-state index is 0.478. The van der Waals surface area contributed by atoms with Crippen molar-refractivity contribution in [2.24, 2.45) is 0 Å². The van der Waals surface area contributed by atoms with Crippen LogP contribution in [0, 0.1) is 12.3 Å². The van der Waals surface area contributed by atoms with Gasteiger partial charge in [0.25, 0.3) is 0 Å². The van der Waals surface area contributed by atoms with Gasteiger partial charge in [-0.2, -0.15) is 0 Å². The molecule has 4 rings (SSSR count). The van der Waals surface area contributed by atoms with Gasteiger partial charge in [0.1, 0.15) is 28.6 Å². The van der Waals surface area contributed by atoms with Gasteiger partial charge in [0.05, 0.1) is 11.0 Å². The van der Waals surface area contributed by atoms with Gasteiger partial charge in [-0.25, -0.2) is 4.98 Å². The second kappa shape index (κ2) is 6.64. The molecule has 0 saturated carbocycles. The highest BCUT2D eigenvalue weighted by Crippen LogP contribution is 2.34. The van der Waals surface area contributed by atoms with E-state index in [0.717, 1.165) is 26.5 Å². The molecule has 2 heterocycles. The van der Waals surface area contributed by atoms with Crippen molar-refractivity contribution in [1.29, 1.82) is 0 Å². The van der Waals surface area contributed by atoms with Gasteiger partial charge in [-0.1, -0.05) is 47.9 Å². The first kappa shape index (κ1) is 15.8. The Balaban J connectivity index is 1.67. The van der Waals surface area contributed by atoms with Gasteiger partial charge in [0.2, 0.25) is 0 Å². The maximum atomic E-state index is 6.03. The number of thiophene rings is 1. The Hall–Kier alpha value is -2.74. The summed E-state index contributed by atoms with van der Waals surface area (Å²) in [5.74, 6) is 3.42. The quantitative estimate of drug-likeness (QED) is 0.459. The van der Waals surface area contributed by atoms with E-state index in [-0.39, 0.29) is 0 Å². The highest BCUT2D eigenvalue weighted by atomic mass is 35.5. The van der Waals surface area contributed by atoms with E-state index in [2.05, 4.69) is 10.9 Å². The summed E-state index contributed by atoms with van der Waals surface area (Å²) in [7, 11) is 0. The van der Waals surface area contributed by atoms with Crippen LogP contribution in [0.3, 0.4) is 0 Å². The molecule has 3 nitrogen and oxygen atoms in total. The topological polar surface area (TPSA) is 27.1 Å². The second-order valence-corrected chi connectivity index (χ2v) is 6.91. The van der Waals surface area contributed by atoms with Gasteiger partial charge in [0, 0.05) is 11.1 Å². The van der Waals surface area contributed by atoms with Crippen molar-refractivity contribution in [3.05, 3.63) is 76.4 Å². The van der Waals surface area contributed by atoms with Crippen LogP contribution in [0.25, 0.3) is 16.0 Å². The molecule has 4 aromatic rings. The first-order valence-electron chi connectivity index (χ1n) is 7.65. The fourth-order valence-corrected chi connectivity index (χ4v) is 3.65. The summed E-state index contributed by atoms with van der Waals surface area (Å²) in [6.07, 6.45) is 7.43. The van der Waals surface area contributed by atoms with E-state index in [0.29, 0.717) is 17.4 Å². The molecule has 25 heavy (non-hydrogen) atoms. The van der Waals surface area contributed by atoms with Crippen molar-refractivity contribution in [1.82, 2.24) is 9.55 Å². The largest absolute Gasteiger partial charge is 0.487 e. The van der Waals surface area contributed by atoms with Crippen LogP contribution >= 0.6 is 22.9 Å². The molecule has 2 aromatic heterocycles. The number of rotatable bonds is 4. The van der Waals surface area contributed by atoms with Crippen molar-refractivity contribution < 1.29 is 4.74 Å². The molecular weight excluding hydrogens is 352 g/mol. The Labute approximate surface area is 154 Å². The molecule has 0 aliphatic heterocycles. The normalized spacial score (nSPS) is 10.7. The van der Waals surface area contributed by atoms with E-state index in [9.17, 15) is 0 Å². The van der Waals surface area contributed by atoms with Gasteiger partial charge < -0.3 is 4.74 Å². The molecule has 0 aliphatic rings. The molecule has 0 spiro atoms. The van der Waals surface area contributed by atoms with Crippen molar-refractivity contribution >= 4 is 34.0 Å². The van der Waals surface area contributed by atoms with Gasteiger partial charge in [-0.3, -0.25) is 4.57 Å². The lowest BCUT2D eigenvalue weighted by Gasteiger charge is -2.04. The third kappa shape index (κ3) is 3.12. The number of benzene rings is 2. The monoisotopic (exact) mass is 364 g/mol.